The summed E-state index contributed by atoms with van der Waals surface area (Å²) in [6.45, 7) is 4.90. The fraction of sp³-hybridized carbons (Fsp3) is 0.619. The van der Waals surface area contributed by atoms with Crippen LogP contribution in [0.15, 0.2) is 29.6 Å². The molecule has 0 unspecified atom stereocenters. The van der Waals surface area contributed by atoms with Crippen LogP contribution in [0.3, 0.4) is 0 Å². The Hall–Kier alpha value is -1.64. The van der Waals surface area contributed by atoms with Gasteiger partial charge in [0, 0.05) is 38.6 Å². The number of sulfonamides is 1. The van der Waals surface area contributed by atoms with Crippen LogP contribution in [0.4, 0.5) is 5.82 Å². The number of halogens is 1. The number of hydrogen-bond donors (Lipinski definition) is 0. The second-order valence-corrected chi connectivity index (χ2v) is 11.4. The highest BCUT2D eigenvalue weighted by Gasteiger charge is 2.35. The number of nitrogens with zero attached hydrogens (tertiary/aromatic N) is 5. The summed E-state index contributed by atoms with van der Waals surface area (Å²) in [4.78, 5) is 7.09. The van der Waals surface area contributed by atoms with E-state index in [1.807, 2.05) is 17.7 Å². The summed E-state index contributed by atoms with van der Waals surface area (Å²) in [7, 11) is -3.55. The SMILES string of the molecule is Cc1cc(N2CC(CC3CC3)C2)ncc1S(=O)(=O)N1CCC(n2cc(Cl)cn2)CC1. The summed E-state index contributed by atoms with van der Waals surface area (Å²) in [6, 6.07) is 2.11. The Morgan fingerprint density at radius 3 is 2.43 bits per heavy atom. The molecule has 2 aliphatic heterocycles. The molecule has 1 saturated carbocycles. The van der Waals surface area contributed by atoms with Gasteiger partial charge >= 0.3 is 0 Å². The van der Waals surface area contributed by atoms with Gasteiger partial charge in [-0.05, 0) is 49.7 Å². The third-order valence-corrected chi connectivity index (χ3v) is 8.90. The molecule has 3 fully saturated rings. The summed E-state index contributed by atoms with van der Waals surface area (Å²) in [6.07, 6.45) is 10.5. The van der Waals surface area contributed by atoms with Crippen LogP contribution in [0, 0.1) is 18.8 Å². The van der Waals surface area contributed by atoms with Gasteiger partial charge in [-0.3, -0.25) is 4.68 Å². The molecule has 3 aliphatic rings. The molecule has 2 saturated heterocycles. The van der Waals surface area contributed by atoms with Crippen molar-refractivity contribution in [1.82, 2.24) is 19.1 Å². The lowest BCUT2D eigenvalue weighted by atomic mass is 9.94. The zero-order valence-electron chi connectivity index (χ0n) is 17.2. The molecule has 30 heavy (non-hydrogen) atoms. The molecule has 1 aliphatic carbocycles. The lowest BCUT2D eigenvalue weighted by molar-refractivity contribution is 0.261. The summed E-state index contributed by atoms with van der Waals surface area (Å²) in [5, 5.41) is 4.87. The van der Waals surface area contributed by atoms with Gasteiger partial charge in [0.2, 0.25) is 10.0 Å². The minimum atomic E-state index is -3.55. The molecule has 0 spiro atoms. The average molecular weight is 450 g/mol. The molecular formula is C21H28ClN5O2S. The Labute approximate surface area is 183 Å². The van der Waals surface area contributed by atoms with Gasteiger partial charge in [0.05, 0.1) is 17.3 Å². The number of rotatable bonds is 6. The van der Waals surface area contributed by atoms with E-state index in [9.17, 15) is 8.42 Å². The van der Waals surface area contributed by atoms with Crippen molar-refractivity contribution in [3.63, 3.8) is 0 Å². The van der Waals surface area contributed by atoms with E-state index >= 15 is 0 Å². The fourth-order valence-electron chi connectivity index (χ4n) is 4.70. The highest BCUT2D eigenvalue weighted by molar-refractivity contribution is 7.89. The minimum absolute atomic E-state index is 0.181. The lowest BCUT2D eigenvalue weighted by Crippen LogP contribution is -2.47. The number of aryl methyl sites for hydroxylation is 1. The van der Waals surface area contributed by atoms with E-state index in [1.165, 1.54) is 19.3 Å². The van der Waals surface area contributed by atoms with E-state index in [2.05, 4.69) is 15.0 Å². The van der Waals surface area contributed by atoms with Crippen molar-refractivity contribution in [3.8, 4) is 0 Å². The second-order valence-electron chi connectivity index (χ2n) is 9.03. The number of aromatic nitrogens is 3. The van der Waals surface area contributed by atoms with Gasteiger partial charge in [0.25, 0.3) is 0 Å². The van der Waals surface area contributed by atoms with Crippen molar-refractivity contribution in [3.05, 3.63) is 35.2 Å². The fourth-order valence-corrected chi connectivity index (χ4v) is 6.47. The third-order valence-electron chi connectivity index (χ3n) is 6.68. The molecule has 0 amide bonds. The molecule has 0 radical (unpaired) electrons. The van der Waals surface area contributed by atoms with E-state index in [-0.39, 0.29) is 6.04 Å². The maximum Gasteiger partial charge on any atom is 0.244 e. The van der Waals surface area contributed by atoms with E-state index in [4.69, 9.17) is 11.6 Å². The van der Waals surface area contributed by atoms with Crippen molar-refractivity contribution in [2.24, 2.45) is 11.8 Å². The molecule has 4 heterocycles. The standard InChI is InChI=1S/C21H28ClN5O2S/c1-15-8-21(25-12-17(13-25)9-16-2-3-16)23-11-20(15)30(28,29)26-6-4-19(5-7-26)27-14-18(22)10-24-27/h8,10-11,14,16-17,19H,2-7,9,12-13H2,1H3. The zero-order valence-corrected chi connectivity index (χ0v) is 18.8. The Morgan fingerprint density at radius 1 is 1.10 bits per heavy atom. The van der Waals surface area contributed by atoms with Crippen LogP contribution < -0.4 is 4.90 Å². The van der Waals surface area contributed by atoms with E-state index in [0.717, 1.165) is 49.1 Å². The first-order valence-corrected chi connectivity index (χ1v) is 12.6. The Kier molecular flexibility index (Phi) is 5.27. The maximum atomic E-state index is 13.2. The van der Waals surface area contributed by atoms with Gasteiger partial charge < -0.3 is 4.90 Å². The highest BCUT2D eigenvalue weighted by Crippen LogP contribution is 2.39. The number of anilines is 1. The highest BCUT2D eigenvalue weighted by atomic mass is 35.5. The van der Waals surface area contributed by atoms with Gasteiger partial charge in [0.1, 0.15) is 10.7 Å². The van der Waals surface area contributed by atoms with Gasteiger partial charge in [-0.2, -0.15) is 9.40 Å². The average Bonchev–Trinajstić information content (AvgIpc) is 3.42. The van der Waals surface area contributed by atoms with Crippen LogP contribution in [-0.2, 0) is 10.0 Å². The summed E-state index contributed by atoms with van der Waals surface area (Å²) in [5.74, 6) is 2.62. The molecule has 0 N–H and O–H groups in total. The molecule has 9 heteroatoms. The summed E-state index contributed by atoms with van der Waals surface area (Å²) in [5.41, 5.74) is 0.770. The Morgan fingerprint density at radius 2 is 1.83 bits per heavy atom. The number of hydrogen-bond acceptors (Lipinski definition) is 5. The van der Waals surface area contributed by atoms with Crippen molar-refractivity contribution >= 4 is 27.4 Å². The second kappa shape index (κ2) is 7.80. The monoisotopic (exact) mass is 449 g/mol. The van der Waals surface area contributed by atoms with Crippen LogP contribution in [0.1, 0.15) is 43.7 Å². The maximum absolute atomic E-state index is 13.2. The molecule has 2 aromatic heterocycles. The van der Waals surface area contributed by atoms with Crippen LogP contribution in [-0.4, -0.2) is 53.7 Å². The third kappa shape index (κ3) is 3.97. The molecule has 0 aromatic carbocycles. The number of piperidine rings is 1. The number of pyridine rings is 1. The normalized spacial score (nSPS) is 21.7. The van der Waals surface area contributed by atoms with E-state index < -0.39 is 10.0 Å². The molecule has 7 nitrogen and oxygen atoms in total. The quantitative estimate of drug-likeness (QED) is 0.674. The van der Waals surface area contributed by atoms with Crippen molar-refractivity contribution in [2.75, 3.05) is 31.1 Å². The van der Waals surface area contributed by atoms with E-state index in [1.54, 1.807) is 22.9 Å². The predicted molar refractivity (Wildman–Crippen MR) is 116 cm³/mol. The molecule has 2 aromatic rings. The van der Waals surface area contributed by atoms with Crippen molar-refractivity contribution in [2.45, 2.75) is 50.0 Å². The largest absolute Gasteiger partial charge is 0.356 e. The van der Waals surface area contributed by atoms with Crippen LogP contribution in [0.2, 0.25) is 5.02 Å². The zero-order chi connectivity index (χ0) is 20.9. The van der Waals surface area contributed by atoms with Gasteiger partial charge in [-0.25, -0.2) is 13.4 Å². The molecule has 0 bridgehead atoms. The van der Waals surface area contributed by atoms with Crippen LogP contribution in [0.5, 0.6) is 0 Å². The first-order valence-electron chi connectivity index (χ1n) is 10.8. The topological polar surface area (TPSA) is 71.3 Å². The molecular weight excluding hydrogens is 422 g/mol. The Bertz CT molecular complexity index is 1020. The molecule has 0 atom stereocenters. The summed E-state index contributed by atoms with van der Waals surface area (Å²) < 4.78 is 29.9. The van der Waals surface area contributed by atoms with Crippen LogP contribution in [0.25, 0.3) is 0 Å². The Balaban J connectivity index is 1.23. The van der Waals surface area contributed by atoms with Crippen molar-refractivity contribution < 1.29 is 8.42 Å². The van der Waals surface area contributed by atoms with Gasteiger partial charge in [-0.1, -0.05) is 24.4 Å². The van der Waals surface area contributed by atoms with Gasteiger partial charge in [0.15, 0.2) is 0 Å². The first-order chi connectivity index (χ1) is 14.4. The van der Waals surface area contributed by atoms with E-state index in [0.29, 0.717) is 23.0 Å². The smallest absolute Gasteiger partial charge is 0.244 e. The molecule has 5 rings (SSSR count). The summed E-state index contributed by atoms with van der Waals surface area (Å²) >= 11 is 5.96. The first kappa shape index (κ1) is 20.3. The minimum Gasteiger partial charge on any atom is -0.356 e. The predicted octanol–water partition coefficient (Wildman–Crippen LogP) is 3.50. The van der Waals surface area contributed by atoms with Crippen LogP contribution >= 0.6 is 11.6 Å². The lowest BCUT2D eigenvalue weighted by Gasteiger charge is -2.40. The molecule has 162 valence electrons. The van der Waals surface area contributed by atoms with Gasteiger partial charge in [-0.15, -0.1) is 0 Å². The van der Waals surface area contributed by atoms with Crippen molar-refractivity contribution in [1.29, 1.82) is 0 Å².